The van der Waals surface area contributed by atoms with Crippen LogP contribution in [0.1, 0.15) is 216 Å². The van der Waals surface area contributed by atoms with Crippen molar-refractivity contribution in [3.63, 3.8) is 0 Å². The summed E-state index contributed by atoms with van der Waals surface area (Å²) >= 11 is 0. The van der Waals surface area contributed by atoms with Crippen LogP contribution >= 0.6 is 0 Å². The normalized spacial score (nSPS) is 11.8. The molecule has 64 heavy (non-hydrogen) atoms. The molecule has 5 rings (SSSR count). The Balaban J connectivity index is 1.11. The molecule has 0 aliphatic carbocycles. The molecule has 0 saturated carbocycles. The van der Waals surface area contributed by atoms with E-state index in [-0.39, 0.29) is 0 Å². The van der Waals surface area contributed by atoms with Crippen LogP contribution in [0.4, 0.5) is 0 Å². The fraction of sp³-hybridized carbons (Fsp3) is 0.516. The highest BCUT2D eigenvalue weighted by atomic mass is 16.5. The molecule has 0 N–H and O–H groups in total. The van der Waals surface area contributed by atoms with Crippen molar-refractivity contribution < 1.29 is 9.47 Å². The first-order chi connectivity index (χ1) is 31.8. The minimum Gasteiger partial charge on any atom is -0.493 e. The van der Waals surface area contributed by atoms with Crippen molar-refractivity contribution in [1.29, 1.82) is 0 Å². The maximum atomic E-state index is 6.41. The fourth-order valence-electron chi connectivity index (χ4n) is 9.36. The molecule has 2 heteroatoms. The van der Waals surface area contributed by atoms with Gasteiger partial charge in [0, 0.05) is 11.1 Å². The molecule has 0 bridgehead atoms. The monoisotopic (exact) mass is 863 g/mol. The van der Waals surface area contributed by atoms with Crippen LogP contribution in [0.5, 0.6) is 11.5 Å². The molecule has 5 aromatic rings. The van der Waals surface area contributed by atoms with Crippen LogP contribution in [0.25, 0.3) is 45.8 Å². The molecule has 0 atom stereocenters. The summed E-state index contributed by atoms with van der Waals surface area (Å²) in [6.07, 6.45) is 47.3. The first-order valence-electron chi connectivity index (χ1n) is 26.5. The van der Waals surface area contributed by atoms with Crippen molar-refractivity contribution >= 4 is 45.8 Å². The van der Waals surface area contributed by atoms with Crippen LogP contribution in [-0.4, -0.2) is 13.2 Å². The van der Waals surface area contributed by atoms with Gasteiger partial charge in [-0.2, -0.15) is 0 Å². The van der Waals surface area contributed by atoms with Crippen LogP contribution in [-0.2, 0) is 0 Å². The molecule has 0 saturated heterocycles. The molecule has 0 heterocycles. The Labute approximate surface area is 391 Å². The minimum atomic E-state index is 0.767. The van der Waals surface area contributed by atoms with Crippen LogP contribution in [0.3, 0.4) is 0 Å². The number of ether oxygens (including phenoxy) is 2. The number of unbranched alkanes of at least 4 members (excludes halogenated alkanes) is 26. The van der Waals surface area contributed by atoms with E-state index in [4.69, 9.17) is 9.47 Å². The number of hydrogen-bond acceptors (Lipinski definition) is 2. The van der Waals surface area contributed by atoms with E-state index in [0.29, 0.717) is 0 Å². The van der Waals surface area contributed by atoms with Crippen LogP contribution in [0.15, 0.2) is 97.1 Å². The van der Waals surface area contributed by atoms with Gasteiger partial charge < -0.3 is 9.47 Å². The molecule has 2 nitrogen and oxygen atoms in total. The molecule has 0 unspecified atom stereocenters. The average molecular weight is 863 g/mol. The average Bonchev–Trinajstić information content (AvgIpc) is 3.33. The molecule has 5 aromatic carbocycles. The zero-order valence-corrected chi connectivity index (χ0v) is 40.6. The lowest BCUT2D eigenvalue weighted by atomic mass is 9.90. The van der Waals surface area contributed by atoms with Gasteiger partial charge in [0.2, 0.25) is 0 Å². The Morgan fingerprint density at radius 3 is 0.828 bits per heavy atom. The summed E-state index contributed by atoms with van der Waals surface area (Å²) in [6, 6.07) is 34.7. The Hall–Kier alpha value is -4.30. The van der Waals surface area contributed by atoms with E-state index in [9.17, 15) is 0 Å². The smallest absolute Gasteiger partial charge is 0.126 e. The highest BCUT2D eigenvalue weighted by molar-refractivity contribution is 6.14. The van der Waals surface area contributed by atoms with Crippen LogP contribution in [0, 0.1) is 0 Å². The summed E-state index contributed by atoms with van der Waals surface area (Å²) in [7, 11) is 0. The van der Waals surface area contributed by atoms with Gasteiger partial charge in [-0.3, -0.25) is 0 Å². The van der Waals surface area contributed by atoms with E-state index in [1.807, 2.05) is 0 Å². The second kappa shape index (κ2) is 32.4. The number of fused-ring (bicyclic) bond motifs is 2. The van der Waals surface area contributed by atoms with E-state index in [1.54, 1.807) is 0 Å². The third-order valence-corrected chi connectivity index (χ3v) is 13.2. The van der Waals surface area contributed by atoms with Gasteiger partial charge in [0.05, 0.1) is 13.2 Å². The van der Waals surface area contributed by atoms with E-state index in [2.05, 4.69) is 135 Å². The quantitative estimate of drug-likeness (QED) is 0.0227. The first-order valence-corrected chi connectivity index (χ1v) is 26.5. The third-order valence-electron chi connectivity index (χ3n) is 13.2. The second-order valence-electron chi connectivity index (χ2n) is 18.6. The Morgan fingerprint density at radius 2 is 0.531 bits per heavy atom. The number of hydrogen-bond donors (Lipinski definition) is 0. The van der Waals surface area contributed by atoms with Gasteiger partial charge in [0.15, 0.2) is 0 Å². The van der Waals surface area contributed by atoms with E-state index >= 15 is 0 Å². The topological polar surface area (TPSA) is 18.5 Å². The Bertz CT molecular complexity index is 1830. The lowest BCUT2D eigenvalue weighted by Gasteiger charge is -2.14. The largest absolute Gasteiger partial charge is 0.493 e. The van der Waals surface area contributed by atoms with Crippen molar-refractivity contribution in [3.05, 3.63) is 119 Å². The first kappa shape index (κ1) is 50.7. The van der Waals surface area contributed by atoms with Crippen molar-refractivity contribution in [2.45, 2.75) is 194 Å². The number of rotatable bonds is 36. The molecular weight excluding hydrogens is 777 g/mol. The Kier molecular flexibility index (Phi) is 25.6. The number of para-hydroxylation sites is 2. The standard InChI is InChI=1S/C62H86O2/c1-3-5-7-9-11-13-15-17-19-21-23-25-27-37-51-63-61-45-35-29-39-53(61)47-49-59-55-41-31-33-43-57(55)60(58-44-34-32-42-56(58)59)50-48-54-40-30-36-46-62(54)64-52-38-28-26-24-22-20-18-16-14-12-10-8-6-4-2/h29-36,39-50H,3-28,37-38,51-52H2,1-2H3/b49-47+,50-48+. The van der Waals surface area contributed by atoms with Gasteiger partial charge in [0.25, 0.3) is 0 Å². The summed E-state index contributed by atoms with van der Waals surface area (Å²) in [4.78, 5) is 0. The van der Waals surface area contributed by atoms with E-state index in [0.717, 1.165) is 48.7 Å². The fourth-order valence-corrected chi connectivity index (χ4v) is 9.36. The molecule has 0 aliphatic heterocycles. The molecule has 346 valence electrons. The van der Waals surface area contributed by atoms with Gasteiger partial charge in [-0.25, -0.2) is 0 Å². The van der Waals surface area contributed by atoms with Crippen molar-refractivity contribution in [3.8, 4) is 11.5 Å². The highest BCUT2D eigenvalue weighted by Gasteiger charge is 2.12. The van der Waals surface area contributed by atoms with Gasteiger partial charge in [-0.05, 0) is 57.6 Å². The predicted molar refractivity (Wildman–Crippen MR) is 284 cm³/mol. The van der Waals surface area contributed by atoms with Gasteiger partial charge in [-0.1, -0.05) is 290 Å². The third kappa shape index (κ3) is 18.7. The van der Waals surface area contributed by atoms with Crippen LogP contribution in [0.2, 0.25) is 0 Å². The molecule has 0 aliphatic rings. The molecule has 0 aromatic heterocycles. The Morgan fingerprint density at radius 1 is 0.281 bits per heavy atom. The summed E-state index contributed by atoms with van der Waals surface area (Å²) in [6.45, 7) is 6.13. The SMILES string of the molecule is CCCCCCCCCCCCCCCCOc1ccccc1/C=C/c1c2ccccc2c(/C=C/c2ccccc2OCCCCCCCCCCCCCCCC)c2ccccc12. The lowest BCUT2D eigenvalue weighted by molar-refractivity contribution is 0.303. The second-order valence-corrected chi connectivity index (χ2v) is 18.6. The lowest BCUT2D eigenvalue weighted by Crippen LogP contribution is -1.99. The zero-order chi connectivity index (χ0) is 44.5. The predicted octanol–water partition coefficient (Wildman–Crippen LogP) is 20.1. The summed E-state index contributed by atoms with van der Waals surface area (Å²) in [5.41, 5.74) is 4.72. The maximum Gasteiger partial charge on any atom is 0.126 e. The van der Waals surface area contributed by atoms with Gasteiger partial charge in [-0.15, -0.1) is 0 Å². The van der Waals surface area contributed by atoms with Crippen molar-refractivity contribution in [2.24, 2.45) is 0 Å². The molecule has 0 spiro atoms. The van der Waals surface area contributed by atoms with Crippen molar-refractivity contribution in [2.75, 3.05) is 13.2 Å². The molecule has 0 fully saturated rings. The zero-order valence-electron chi connectivity index (χ0n) is 40.6. The van der Waals surface area contributed by atoms with Gasteiger partial charge >= 0.3 is 0 Å². The summed E-state index contributed by atoms with van der Waals surface area (Å²) < 4.78 is 12.8. The molecular formula is C62H86O2. The minimum absolute atomic E-state index is 0.767. The van der Waals surface area contributed by atoms with Gasteiger partial charge in [0.1, 0.15) is 11.5 Å². The number of benzene rings is 5. The van der Waals surface area contributed by atoms with Crippen LogP contribution < -0.4 is 9.47 Å². The maximum absolute atomic E-state index is 6.41. The summed E-state index contributed by atoms with van der Waals surface area (Å²) in [5, 5.41) is 5.00. The van der Waals surface area contributed by atoms with E-state index < -0.39 is 0 Å². The highest BCUT2D eigenvalue weighted by Crippen LogP contribution is 2.36. The summed E-state index contributed by atoms with van der Waals surface area (Å²) in [5.74, 6) is 1.93. The molecule has 0 amide bonds. The van der Waals surface area contributed by atoms with Crippen molar-refractivity contribution in [1.82, 2.24) is 0 Å². The molecule has 0 radical (unpaired) electrons. The van der Waals surface area contributed by atoms with E-state index in [1.165, 1.54) is 200 Å².